The third kappa shape index (κ3) is 5.10. The molecule has 1 aromatic heterocycles. The number of thiazole rings is 1. The summed E-state index contributed by atoms with van der Waals surface area (Å²) in [5.74, 6) is 0.0481. The first-order chi connectivity index (χ1) is 17.0. The van der Waals surface area contributed by atoms with Gasteiger partial charge in [0.2, 0.25) is 5.91 Å². The van der Waals surface area contributed by atoms with Crippen LogP contribution < -0.4 is 15.0 Å². The molecule has 0 radical (unpaired) electrons. The van der Waals surface area contributed by atoms with Crippen molar-refractivity contribution in [3.8, 4) is 17.0 Å². The summed E-state index contributed by atoms with van der Waals surface area (Å²) in [5.41, 5.74) is 5.28. The van der Waals surface area contributed by atoms with Crippen LogP contribution in [-0.4, -0.2) is 29.4 Å². The van der Waals surface area contributed by atoms with Gasteiger partial charge in [0, 0.05) is 23.1 Å². The molecule has 7 heteroatoms. The molecule has 1 aliphatic rings. The third-order valence-electron chi connectivity index (χ3n) is 5.85. The van der Waals surface area contributed by atoms with Gasteiger partial charge in [-0.1, -0.05) is 48.0 Å². The van der Waals surface area contributed by atoms with E-state index in [9.17, 15) is 9.59 Å². The highest BCUT2D eigenvalue weighted by molar-refractivity contribution is 7.10. The number of ether oxygens (including phenoxy) is 1. The number of carbonyl (C=O) groups is 2. The molecule has 0 saturated heterocycles. The molecule has 0 spiro atoms. The number of nitrogens with zero attached hydrogens (tertiary/aromatic N) is 2. The fraction of sp³-hybridized carbons (Fsp3) is 0.179. The topological polar surface area (TPSA) is 71.5 Å². The van der Waals surface area contributed by atoms with E-state index in [1.807, 2.05) is 73.0 Å². The normalized spacial score (nSPS) is 14.9. The summed E-state index contributed by atoms with van der Waals surface area (Å²) in [6.07, 6.45) is 0.0956. The van der Waals surface area contributed by atoms with E-state index < -0.39 is 6.10 Å². The Hall–Kier alpha value is -3.97. The number of amides is 2. The number of carbonyl (C=O) groups excluding carboxylic acids is 2. The molecular formula is C28H25N3O3S. The Bertz CT molecular complexity index is 1370. The summed E-state index contributed by atoms with van der Waals surface area (Å²) in [6.45, 7) is 3.58. The lowest BCUT2D eigenvalue weighted by Crippen LogP contribution is -2.47. The molecule has 5 rings (SSSR count). The van der Waals surface area contributed by atoms with E-state index in [-0.39, 0.29) is 18.4 Å². The molecule has 6 nitrogen and oxygen atoms in total. The Morgan fingerprint density at radius 1 is 1.09 bits per heavy atom. The summed E-state index contributed by atoms with van der Waals surface area (Å²) in [4.78, 5) is 32.1. The Kier molecular flexibility index (Phi) is 6.33. The second-order valence-corrected chi connectivity index (χ2v) is 9.51. The quantitative estimate of drug-likeness (QED) is 0.395. The summed E-state index contributed by atoms with van der Waals surface area (Å²) in [7, 11) is 0. The molecular weight excluding hydrogens is 458 g/mol. The van der Waals surface area contributed by atoms with Crippen LogP contribution in [-0.2, 0) is 16.0 Å². The van der Waals surface area contributed by atoms with Crippen molar-refractivity contribution in [2.24, 2.45) is 0 Å². The van der Waals surface area contributed by atoms with Crippen LogP contribution in [0.15, 0.2) is 78.2 Å². The van der Waals surface area contributed by atoms with Crippen molar-refractivity contribution in [1.29, 1.82) is 0 Å². The van der Waals surface area contributed by atoms with Gasteiger partial charge in [0.1, 0.15) is 12.3 Å². The van der Waals surface area contributed by atoms with E-state index in [4.69, 9.17) is 9.72 Å². The van der Waals surface area contributed by atoms with Gasteiger partial charge in [0.05, 0.1) is 16.4 Å². The van der Waals surface area contributed by atoms with Crippen LogP contribution in [0.5, 0.6) is 5.75 Å². The summed E-state index contributed by atoms with van der Waals surface area (Å²) in [5, 5.41) is 5.90. The molecule has 176 valence electrons. The smallest absolute Gasteiger partial charge is 0.268 e. The fourth-order valence-corrected chi connectivity index (χ4v) is 4.84. The number of rotatable bonds is 6. The maximum absolute atomic E-state index is 13.0. The number of aryl methyl sites for hydroxylation is 1. The highest BCUT2D eigenvalue weighted by atomic mass is 32.1. The molecule has 1 atom stereocenters. The van der Waals surface area contributed by atoms with Crippen molar-refractivity contribution in [1.82, 2.24) is 4.98 Å². The maximum Gasteiger partial charge on any atom is 0.268 e. The number of aromatic nitrogens is 1. The second kappa shape index (κ2) is 9.72. The minimum Gasteiger partial charge on any atom is -0.479 e. The lowest BCUT2D eigenvalue weighted by Gasteiger charge is -2.32. The van der Waals surface area contributed by atoms with Crippen LogP contribution in [0.4, 0.5) is 11.4 Å². The number of anilines is 2. The van der Waals surface area contributed by atoms with E-state index in [1.165, 1.54) is 10.5 Å². The van der Waals surface area contributed by atoms with Crippen LogP contribution in [0, 0.1) is 6.92 Å². The number of hydrogen-bond donors (Lipinski definition) is 1. The summed E-state index contributed by atoms with van der Waals surface area (Å²) in [6, 6.07) is 23.4. The Morgan fingerprint density at radius 2 is 1.86 bits per heavy atom. The number of benzene rings is 3. The van der Waals surface area contributed by atoms with Gasteiger partial charge in [0.15, 0.2) is 6.10 Å². The minimum absolute atomic E-state index is 0.104. The molecule has 0 aliphatic carbocycles. The molecule has 3 aromatic carbocycles. The van der Waals surface area contributed by atoms with Crippen molar-refractivity contribution in [3.63, 3.8) is 0 Å². The zero-order valence-corrected chi connectivity index (χ0v) is 20.3. The van der Waals surface area contributed by atoms with Gasteiger partial charge >= 0.3 is 0 Å². The van der Waals surface area contributed by atoms with Crippen molar-refractivity contribution in [2.75, 3.05) is 16.8 Å². The van der Waals surface area contributed by atoms with Gasteiger partial charge in [-0.2, -0.15) is 0 Å². The lowest BCUT2D eigenvalue weighted by molar-refractivity contribution is -0.127. The molecule has 0 saturated carbocycles. The molecule has 0 bridgehead atoms. The molecule has 4 aromatic rings. The molecule has 35 heavy (non-hydrogen) atoms. The van der Waals surface area contributed by atoms with Crippen LogP contribution in [0.25, 0.3) is 11.3 Å². The van der Waals surface area contributed by atoms with Gasteiger partial charge in [-0.3, -0.25) is 14.5 Å². The zero-order chi connectivity index (χ0) is 24.4. The second-order valence-electron chi connectivity index (χ2n) is 8.57. The molecule has 1 aliphatic heterocycles. The van der Waals surface area contributed by atoms with Crippen LogP contribution in [0.3, 0.4) is 0 Å². The van der Waals surface area contributed by atoms with E-state index in [0.717, 1.165) is 28.2 Å². The van der Waals surface area contributed by atoms with Gasteiger partial charge in [-0.25, -0.2) is 4.98 Å². The van der Waals surface area contributed by atoms with Gasteiger partial charge < -0.3 is 10.1 Å². The maximum atomic E-state index is 13.0. The fourth-order valence-electron chi connectivity index (χ4n) is 4.01. The van der Waals surface area contributed by atoms with Crippen molar-refractivity contribution >= 4 is 34.5 Å². The first-order valence-electron chi connectivity index (χ1n) is 11.4. The number of nitrogens with one attached hydrogen (secondary N) is 1. The monoisotopic (exact) mass is 483 g/mol. The molecule has 2 heterocycles. The Morgan fingerprint density at radius 3 is 2.63 bits per heavy atom. The van der Waals surface area contributed by atoms with Crippen LogP contribution >= 0.6 is 11.3 Å². The predicted octanol–water partition coefficient (Wildman–Crippen LogP) is 5.46. The highest BCUT2D eigenvalue weighted by Crippen LogP contribution is 2.38. The van der Waals surface area contributed by atoms with E-state index in [1.54, 1.807) is 18.3 Å². The van der Waals surface area contributed by atoms with E-state index in [2.05, 4.69) is 17.4 Å². The number of hydrogen-bond acceptors (Lipinski definition) is 5. The first kappa shape index (κ1) is 22.8. The molecule has 2 amide bonds. The largest absolute Gasteiger partial charge is 0.479 e. The average molecular weight is 484 g/mol. The minimum atomic E-state index is -0.669. The molecule has 0 fully saturated rings. The zero-order valence-electron chi connectivity index (χ0n) is 19.5. The van der Waals surface area contributed by atoms with Crippen LogP contribution in [0.2, 0.25) is 0 Å². The van der Waals surface area contributed by atoms with E-state index in [0.29, 0.717) is 17.1 Å². The van der Waals surface area contributed by atoms with Crippen molar-refractivity contribution in [2.45, 2.75) is 26.4 Å². The molecule has 1 unspecified atom stereocenters. The predicted molar refractivity (Wildman–Crippen MR) is 139 cm³/mol. The van der Waals surface area contributed by atoms with Crippen molar-refractivity contribution < 1.29 is 14.3 Å². The Labute approximate surface area is 208 Å². The van der Waals surface area contributed by atoms with Gasteiger partial charge in [0.25, 0.3) is 5.91 Å². The SMILES string of the molecule is Cc1ccc(NC(=O)CN2C(=O)C(C)Oc3ccc(-c4csc(Cc5ccccc5)n4)cc32)cc1. The average Bonchev–Trinajstić information content (AvgIpc) is 3.32. The summed E-state index contributed by atoms with van der Waals surface area (Å²) >= 11 is 1.60. The first-order valence-corrected chi connectivity index (χ1v) is 12.3. The van der Waals surface area contributed by atoms with Gasteiger partial charge in [-0.05, 0) is 49.7 Å². The third-order valence-corrected chi connectivity index (χ3v) is 6.70. The van der Waals surface area contributed by atoms with Crippen LogP contribution in [0.1, 0.15) is 23.1 Å². The standard InChI is InChI=1S/C28H25N3O3S/c1-18-8-11-22(12-9-18)29-26(32)16-31-24-15-21(10-13-25(24)34-19(2)28(31)33)23-17-35-27(30-23)14-20-6-4-3-5-7-20/h3-13,15,17,19H,14,16H2,1-2H3,(H,29,32). The van der Waals surface area contributed by atoms with Gasteiger partial charge in [-0.15, -0.1) is 11.3 Å². The Balaban J connectivity index is 1.38. The van der Waals surface area contributed by atoms with Crippen molar-refractivity contribution in [3.05, 3.63) is 94.3 Å². The molecule has 1 N–H and O–H groups in total. The summed E-state index contributed by atoms with van der Waals surface area (Å²) < 4.78 is 5.82. The highest BCUT2D eigenvalue weighted by Gasteiger charge is 2.33. The lowest BCUT2D eigenvalue weighted by atomic mass is 10.1. The number of fused-ring (bicyclic) bond motifs is 1. The van der Waals surface area contributed by atoms with E-state index >= 15 is 0 Å².